The molecule has 0 aliphatic carbocycles. The van der Waals surface area contributed by atoms with E-state index in [0.29, 0.717) is 19.6 Å². The topological polar surface area (TPSA) is 55.9 Å². The zero-order chi connectivity index (χ0) is 20.8. The number of nitrogens with zero attached hydrogens (tertiary/aromatic N) is 3. The van der Waals surface area contributed by atoms with Crippen molar-refractivity contribution in [2.24, 2.45) is 0 Å². The van der Waals surface area contributed by atoms with E-state index in [-0.39, 0.29) is 36.4 Å². The van der Waals surface area contributed by atoms with Crippen molar-refractivity contribution in [2.45, 2.75) is 32.2 Å². The van der Waals surface area contributed by atoms with Crippen molar-refractivity contribution in [1.29, 1.82) is 0 Å². The van der Waals surface area contributed by atoms with E-state index >= 15 is 0 Å². The van der Waals surface area contributed by atoms with E-state index < -0.39 is 11.6 Å². The highest BCUT2D eigenvalue weighted by Crippen LogP contribution is 2.20. The summed E-state index contributed by atoms with van der Waals surface area (Å²) < 4.78 is 26.9. The lowest BCUT2D eigenvalue weighted by atomic mass is 10.1. The van der Waals surface area contributed by atoms with Gasteiger partial charge in [-0.25, -0.2) is 8.78 Å². The van der Waals surface area contributed by atoms with E-state index in [1.54, 1.807) is 4.90 Å². The Labute approximate surface area is 170 Å². The first kappa shape index (κ1) is 21.6. The van der Waals surface area contributed by atoms with Gasteiger partial charge in [0.25, 0.3) is 5.91 Å². The third-order valence-corrected chi connectivity index (χ3v) is 5.86. The quantitative estimate of drug-likeness (QED) is 0.747. The minimum absolute atomic E-state index is 0.0216. The van der Waals surface area contributed by atoms with Crippen molar-refractivity contribution in [3.05, 3.63) is 35.4 Å². The summed E-state index contributed by atoms with van der Waals surface area (Å²) in [5.41, 5.74) is 0.111. The molecule has 1 aromatic carbocycles. The molecule has 1 atom stereocenters. The van der Waals surface area contributed by atoms with Gasteiger partial charge in [-0.2, -0.15) is 0 Å². The fourth-order valence-corrected chi connectivity index (χ4v) is 4.16. The molecular weight excluding hydrogens is 378 g/mol. The molecule has 1 N–H and O–H groups in total. The molecule has 0 aromatic heterocycles. The van der Waals surface area contributed by atoms with Crippen LogP contribution in [0.1, 0.15) is 36.5 Å². The molecule has 0 saturated carbocycles. The van der Waals surface area contributed by atoms with Crippen molar-refractivity contribution in [1.82, 2.24) is 20.0 Å². The van der Waals surface area contributed by atoms with Crippen molar-refractivity contribution in [3.63, 3.8) is 0 Å². The summed E-state index contributed by atoms with van der Waals surface area (Å²) in [7, 11) is 0. The van der Waals surface area contributed by atoms with Gasteiger partial charge in [-0.15, -0.1) is 0 Å². The van der Waals surface area contributed by atoms with E-state index in [1.165, 1.54) is 6.07 Å². The second-order valence-electron chi connectivity index (χ2n) is 7.69. The Hall–Kier alpha value is -2.06. The molecule has 3 rings (SSSR count). The lowest BCUT2D eigenvalue weighted by molar-refractivity contribution is -0.132. The Morgan fingerprint density at radius 3 is 2.62 bits per heavy atom. The normalized spacial score (nSPS) is 20.1. The zero-order valence-electron chi connectivity index (χ0n) is 17.0. The number of carbonyl (C=O) groups is 2. The van der Waals surface area contributed by atoms with Gasteiger partial charge >= 0.3 is 0 Å². The maximum atomic E-state index is 13.7. The van der Waals surface area contributed by atoms with Gasteiger partial charge in [0.05, 0.1) is 0 Å². The highest BCUT2D eigenvalue weighted by atomic mass is 19.2. The van der Waals surface area contributed by atoms with Crippen molar-refractivity contribution < 1.29 is 18.4 Å². The second-order valence-corrected chi connectivity index (χ2v) is 7.69. The molecule has 8 heteroatoms. The molecule has 2 heterocycles. The fourth-order valence-electron chi connectivity index (χ4n) is 4.16. The molecule has 29 heavy (non-hydrogen) atoms. The standard InChI is InChI=1S/C21H30F2N4O2/c1-2-25-10-3-4-17(25)15-27(11-7-20(28)26-12-8-24-9-13-26)21(29)16-5-6-18(22)19(23)14-16/h5-6,14,17,24H,2-4,7-13,15H2,1H3. The number of hydrogen-bond donors (Lipinski definition) is 1. The van der Waals surface area contributed by atoms with Crippen LogP contribution in [0.15, 0.2) is 18.2 Å². The largest absolute Gasteiger partial charge is 0.340 e. The van der Waals surface area contributed by atoms with Crippen LogP contribution < -0.4 is 5.32 Å². The summed E-state index contributed by atoms with van der Waals surface area (Å²) in [6.45, 7) is 7.63. The van der Waals surface area contributed by atoms with Crippen LogP contribution in [0.4, 0.5) is 8.78 Å². The number of amides is 2. The van der Waals surface area contributed by atoms with Gasteiger partial charge in [-0.1, -0.05) is 6.92 Å². The molecule has 1 aromatic rings. The lowest BCUT2D eigenvalue weighted by Crippen LogP contribution is -2.48. The lowest BCUT2D eigenvalue weighted by Gasteiger charge is -2.32. The number of likely N-dealkylation sites (N-methyl/N-ethyl adjacent to an activating group) is 1. The monoisotopic (exact) mass is 408 g/mol. The second kappa shape index (κ2) is 10.1. The van der Waals surface area contributed by atoms with E-state index in [4.69, 9.17) is 0 Å². The molecule has 6 nitrogen and oxygen atoms in total. The number of likely N-dealkylation sites (tertiary alicyclic amines) is 1. The maximum absolute atomic E-state index is 13.7. The number of hydrogen-bond acceptors (Lipinski definition) is 4. The minimum atomic E-state index is -1.04. The van der Waals surface area contributed by atoms with Crippen molar-refractivity contribution >= 4 is 11.8 Å². The molecular formula is C21H30F2N4O2. The molecule has 160 valence electrons. The Bertz CT molecular complexity index is 725. The van der Waals surface area contributed by atoms with Gasteiger partial charge in [0, 0.05) is 57.3 Å². The average Bonchev–Trinajstić information content (AvgIpc) is 3.20. The zero-order valence-corrected chi connectivity index (χ0v) is 17.0. The van der Waals surface area contributed by atoms with Crippen LogP contribution in [0.5, 0.6) is 0 Å². The number of halogens is 2. The third kappa shape index (κ3) is 5.51. The van der Waals surface area contributed by atoms with Crippen LogP contribution in [0, 0.1) is 11.6 Å². The van der Waals surface area contributed by atoms with Crippen LogP contribution in [0.3, 0.4) is 0 Å². The molecule has 2 amide bonds. The first-order valence-corrected chi connectivity index (χ1v) is 10.5. The maximum Gasteiger partial charge on any atom is 0.254 e. The van der Waals surface area contributed by atoms with E-state index in [2.05, 4.69) is 17.1 Å². The fraction of sp³-hybridized carbons (Fsp3) is 0.619. The molecule has 2 saturated heterocycles. The highest BCUT2D eigenvalue weighted by molar-refractivity contribution is 5.94. The molecule has 2 aliphatic rings. The minimum Gasteiger partial charge on any atom is -0.340 e. The Kier molecular flexibility index (Phi) is 7.55. The van der Waals surface area contributed by atoms with Gasteiger partial charge < -0.3 is 15.1 Å². The van der Waals surface area contributed by atoms with Gasteiger partial charge in [-0.05, 0) is 44.1 Å². The molecule has 1 unspecified atom stereocenters. The summed E-state index contributed by atoms with van der Waals surface area (Å²) in [6.07, 6.45) is 2.29. The average molecular weight is 408 g/mol. The van der Waals surface area contributed by atoms with Crippen LogP contribution in [-0.2, 0) is 4.79 Å². The van der Waals surface area contributed by atoms with E-state index in [0.717, 1.165) is 51.2 Å². The number of piperazine rings is 1. The predicted octanol–water partition coefficient (Wildman–Crippen LogP) is 1.71. The van der Waals surface area contributed by atoms with Crippen LogP contribution >= 0.6 is 0 Å². The molecule has 2 fully saturated rings. The molecule has 0 spiro atoms. The predicted molar refractivity (Wildman–Crippen MR) is 107 cm³/mol. The summed E-state index contributed by atoms with van der Waals surface area (Å²) >= 11 is 0. The highest BCUT2D eigenvalue weighted by Gasteiger charge is 2.28. The van der Waals surface area contributed by atoms with Crippen LogP contribution in [0.25, 0.3) is 0 Å². The van der Waals surface area contributed by atoms with Gasteiger partial charge in [0.15, 0.2) is 11.6 Å². The molecule has 0 radical (unpaired) electrons. The first-order valence-electron chi connectivity index (χ1n) is 10.5. The Morgan fingerprint density at radius 2 is 1.93 bits per heavy atom. The SMILES string of the molecule is CCN1CCCC1CN(CCC(=O)N1CCNCC1)C(=O)c1ccc(F)c(F)c1. The van der Waals surface area contributed by atoms with Gasteiger partial charge in [-0.3, -0.25) is 14.5 Å². The molecule has 2 aliphatic heterocycles. The van der Waals surface area contributed by atoms with Gasteiger partial charge in [0.1, 0.15) is 0 Å². The third-order valence-electron chi connectivity index (χ3n) is 5.86. The molecule has 0 bridgehead atoms. The van der Waals surface area contributed by atoms with Crippen molar-refractivity contribution in [2.75, 3.05) is 52.4 Å². The number of benzene rings is 1. The van der Waals surface area contributed by atoms with Crippen LogP contribution in [0.2, 0.25) is 0 Å². The van der Waals surface area contributed by atoms with E-state index in [9.17, 15) is 18.4 Å². The van der Waals surface area contributed by atoms with E-state index in [1.807, 2.05) is 4.90 Å². The number of rotatable bonds is 7. The van der Waals surface area contributed by atoms with Crippen LogP contribution in [-0.4, -0.2) is 84.9 Å². The summed E-state index contributed by atoms with van der Waals surface area (Å²) in [5, 5.41) is 3.21. The number of carbonyl (C=O) groups excluding carboxylic acids is 2. The number of nitrogens with one attached hydrogen (secondary N) is 1. The first-order chi connectivity index (χ1) is 14.0. The smallest absolute Gasteiger partial charge is 0.254 e. The summed E-state index contributed by atoms with van der Waals surface area (Å²) in [4.78, 5) is 31.4. The summed E-state index contributed by atoms with van der Waals surface area (Å²) in [6, 6.07) is 3.44. The van der Waals surface area contributed by atoms with Gasteiger partial charge in [0.2, 0.25) is 5.91 Å². The Balaban J connectivity index is 1.70. The summed E-state index contributed by atoms with van der Waals surface area (Å²) in [5.74, 6) is -2.35. The Morgan fingerprint density at radius 1 is 1.17 bits per heavy atom. The van der Waals surface area contributed by atoms with Crippen molar-refractivity contribution in [3.8, 4) is 0 Å².